The van der Waals surface area contributed by atoms with Gasteiger partial charge >= 0.3 is 6.18 Å². The lowest BCUT2D eigenvalue weighted by atomic mass is 10.1. The van der Waals surface area contributed by atoms with E-state index >= 15 is 0 Å². The number of halogens is 3. The van der Waals surface area contributed by atoms with Crippen molar-refractivity contribution in [3.8, 4) is 0 Å². The van der Waals surface area contributed by atoms with Crippen LogP contribution in [0.4, 0.5) is 24.5 Å². The van der Waals surface area contributed by atoms with Crippen LogP contribution in [0.2, 0.25) is 0 Å². The van der Waals surface area contributed by atoms with Crippen molar-refractivity contribution in [1.82, 2.24) is 4.57 Å². The molecular weight excluding hydrogens is 349 g/mol. The van der Waals surface area contributed by atoms with E-state index in [0.717, 1.165) is 33.6 Å². The molecule has 138 valence electrons. The number of benzene rings is 3. The van der Waals surface area contributed by atoms with Crippen LogP contribution < -0.4 is 4.90 Å². The van der Waals surface area contributed by atoms with E-state index in [1.807, 2.05) is 25.2 Å². The highest BCUT2D eigenvalue weighted by atomic mass is 19.4. The van der Waals surface area contributed by atoms with Gasteiger partial charge in [-0.1, -0.05) is 17.7 Å². The molecule has 0 bridgehead atoms. The van der Waals surface area contributed by atoms with Crippen LogP contribution in [0.25, 0.3) is 21.8 Å². The minimum atomic E-state index is -4.35. The SMILES string of the molecule is Cc1ccc2c(c1)c1cc(N(C)c3cccc(C(F)(F)F)c3)ccc1n2C. The first kappa shape index (κ1) is 17.5. The molecule has 1 heterocycles. The van der Waals surface area contributed by atoms with Gasteiger partial charge in [0.05, 0.1) is 5.56 Å². The average molecular weight is 368 g/mol. The topological polar surface area (TPSA) is 8.17 Å². The Kier molecular flexibility index (Phi) is 3.91. The van der Waals surface area contributed by atoms with Gasteiger partial charge in [0.1, 0.15) is 0 Å². The summed E-state index contributed by atoms with van der Waals surface area (Å²) in [6, 6.07) is 17.7. The Labute approximate surface area is 155 Å². The van der Waals surface area contributed by atoms with Crippen LogP contribution in [-0.2, 0) is 13.2 Å². The molecule has 0 aliphatic heterocycles. The molecule has 0 saturated heterocycles. The highest BCUT2D eigenvalue weighted by molar-refractivity contribution is 6.09. The highest BCUT2D eigenvalue weighted by Crippen LogP contribution is 2.36. The van der Waals surface area contributed by atoms with Gasteiger partial charge in [-0.05, 0) is 55.5 Å². The van der Waals surface area contributed by atoms with Gasteiger partial charge in [0.25, 0.3) is 0 Å². The molecule has 0 radical (unpaired) electrons. The molecule has 4 rings (SSSR count). The molecule has 0 amide bonds. The summed E-state index contributed by atoms with van der Waals surface area (Å²) in [5, 5.41) is 2.24. The molecule has 27 heavy (non-hydrogen) atoms. The van der Waals surface area contributed by atoms with Crippen molar-refractivity contribution in [1.29, 1.82) is 0 Å². The van der Waals surface area contributed by atoms with Gasteiger partial charge in [-0.25, -0.2) is 0 Å². The Morgan fingerprint density at radius 2 is 1.44 bits per heavy atom. The first-order valence-electron chi connectivity index (χ1n) is 8.65. The molecule has 0 fully saturated rings. The normalized spacial score (nSPS) is 12.1. The minimum Gasteiger partial charge on any atom is -0.345 e. The third kappa shape index (κ3) is 2.93. The van der Waals surface area contributed by atoms with Crippen LogP contribution in [0.1, 0.15) is 11.1 Å². The summed E-state index contributed by atoms with van der Waals surface area (Å²) in [5.41, 5.74) is 4.10. The number of fused-ring (bicyclic) bond motifs is 3. The predicted molar refractivity (Wildman–Crippen MR) is 105 cm³/mol. The van der Waals surface area contributed by atoms with E-state index in [1.165, 1.54) is 17.7 Å². The number of hydrogen-bond acceptors (Lipinski definition) is 1. The number of nitrogens with zero attached hydrogens (tertiary/aromatic N) is 2. The molecule has 0 saturated carbocycles. The van der Waals surface area contributed by atoms with E-state index in [4.69, 9.17) is 0 Å². The Balaban J connectivity index is 1.85. The standard InChI is InChI=1S/C22H19F3N2/c1-14-7-9-20-18(11-14)19-13-17(8-10-21(19)27(20)3)26(2)16-6-4-5-15(12-16)22(23,24)25/h4-13H,1-3H3. The Bertz CT molecular complexity index is 1160. The van der Waals surface area contributed by atoms with Crippen molar-refractivity contribution in [2.24, 2.45) is 7.05 Å². The van der Waals surface area contributed by atoms with Crippen LogP contribution in [0.15, 0.2) is 60.7 Å². The van der Waals surface area contributed by atoms with Crippen LogP contribution in [-0.4, -0.2) is 11.6 Å². The van der Waals surface area contributed by atoms with E-state index in [9.17, 15) is 13.2 Å². The van der Waals surface area contributed by atoms with Crippen LogP contribution in [0.5, 0.6) is 0 Å². The Morgan fingerprint density at radius 1 is 0.815 bits per heavy atom. The molecular formula is C22H19F3N2. The Morgan fingerprint density at radius 3 is 2.15 bits per heavy atom. The molecule has 2 nitrogen and oxygen atoms in total. The number of aromatic nitrogens is 1. The zero-order chi connectivity index (χ0) is 19.3. The molecule has 0 atom stereocenters. The van der Waals surface area contributed by atoms with E-state index < -0.39 is 11.7 Å². The largest absolute Gasteiger partial charge is 0.416 e. The predicted octanol–water partition coefficient (Wildman–Crippen LogP) is 6.43. The minimum absolute atomic E-state index is 0.501. The van der Waals surface area contributed by atoms with Crippen molar-refractivity contribution in [2.45, 2.75) is 13.1 Å². The lowest BCUT2D eigenvalue weighted by molar-refractivity contribution is -0.137. The van der Waals surface area contributed by atoms with Crippen molar-refractivity contribution in [3.05, 3.63) is 71.8 Å². The molecule has 3 aromatic carbocycles. The fourth-order valence-electron chi connectivity index (χ4n) is 3.57. The zero-order valence-electron chi connectivity index (χ0n) is 15.3. The second kappa shape index (κ2) is 6.05. The third-order valence-electron chi connectivity index (χ3n) is 5.09. The fourth-order valence-corrected chi connectivity index (χ4v) is 3.57. The average Bonchev–Trinajstić information content (AvgIpc) is 2.92. The van der Waals surface area contributed by atoms with Gasteiger partial charge in [-0.2, -0.15) is 13.2 Å². The van der Waals surface area contributed by atoms with Gasteiger partial charge in [0, 0.05) is 47.3 Å². The van der Waals surface area contributed by atoms with E-state index in [0.29, 0.717) is 5.69 Å². The first-order chi connectivity index (χ1) is 12.8. The smallest absolute Gasteiger partial charge is 0.345 e. The van der Waals surface area contributed by atoms with Gasteiger partial charge in [0.2, 0.25) is 0 Å². The molecule has 0 spiro atoms. The quantitative estimate of drug-likeness (QED) is 0.396. The molecule has 0 unspecified atom stereocenters. The first-order valence-corrected chi connectivity index (χ1v) is 8.65. The Hall–Kier alpha value is -2.95. The lowest BCUT2D eigenvalue weighted by Gasteiger charge is -2.21. The van der Waals surface area contributed by atoms with Crippen LogP contribution in [0.3, 0.4) is 0 Å². The second-order valence-corrected chi connectivity index (χ2v) is 6.89. The number of hydrogen-bond donors (Lipinski definition) is 0. The maximum Gasteiger partial charge on any atom is 0.416 e. The van der Waals surface area contributed by atoms with Crippen molar-refractivity contribution in [2.75, 3.05) is 11.9 Å². The number of rotatable bonds is 2. The lowest BCUT2D eigenvalue weighted by Crippen LogP contribution is -2.11. The summed E-state index contributed by atoms with van der Waals surface area (Å²) in [4.78, 5) is 1.78. The monoisotopic (exact) mass is 368 g/mol. The van der Waals surface area contributed by atoms with Gasteiger partial charge in [0.15, 0.2) is 0 Å². The molecule has 1 aromatic heterocycles. The van der Waals surface area contributed by atoms with Gasteiger partial charge < -0.3 is 9.47 Å². The summed E-state index contributed by atoms with van der Waals surface area (Å²) in [6.07, 6.45) is -4.35. The van der Waals surface area contributed by atoms with Gasteiger partial charge in [-0.15, -0.1) is 0 Å². The molecule has 4 aromatic rings. The van der Waals surface area contributed by atoms with E-state index in [1.54, 1.807) is 18.0 Å². The third-order valence-corrected chi connectivity index (χ3v) is 5.09. The van der Waals surface area contributed by atoms with Gasteiger partial charge in [-0.3, -0.25) is 0 Å². The molecule has 0 aliphatic carbocycles. The summed E-state index contributed by atoms with van der Waals surface area (Å²) in [6.45, 7) is 2.05. The molecule has 5 heteroatoms. The zero-order valence-corrected chi connectivity index (χ0v) is 15.3. The van der Waals surface area contributed by atoms with Crippen molar-refractivity contribution in [3.63, 3.8) is 0 Å². The maximum atomic E-state index is 13.0. The number of aryl methyl sites for hydroxylation is 2. The van der Waals surface area contributed by atoms with E-state index in [2.05, 4.69) is 29.7 Å². The highest BCUT2D eigenvalue weighted by Gasteiger charge is 2.30. The fraction of sp³-hybridized carbons (Fsp3) is 0.182. The van der Waals surface area contributed by atoms with E-state index in [-0.39, 0.29) is 0 Å². The van der Waals surface area contributed by atoms with Crippen LogP contribution >= 0.6 is 0 Å². The number of anilines is 2. The number of alkyl halides is 3. The molecule has 0 aliphatic rings. The summed E-state index contributed by atoms with van der Waals surface area (Å²) in [5.74, 6) is 0. The van der Waals surface area contributed by atoms with Crippen molar-refractivity contribution >= 4 is 33.2 Å². The molecule has 0 N–H and O–H groups in total. The summed E-state index contributed by atoms with van der Waals surface area (Å²) in [7, 11) is 3.81. The van der Waals surface area contributed by atoms with Crippen LogP contribution in [0, 0.1) is 6.92 Å². The summed E-state index contributed by atoms with van der Waals surface area (Å²) >= 11 is 0. The summed E-state index contributed by atoms with van der Waals surface area (Å²) < 4.78 is 41.2. The second-order valence-electron chi connectivity index (χ2n) is 6.89. The maximum absolute atomic E-state index is 13.0. The van der Waals surface area contributed by atoms with Crippen molar-refractivity contribution < 1.29 is 13.2 Å².